The van der Waals surface area contributed by atoms with Crippen LogP contribution in [0.5, 0.6) is 0 Å². The van der Waals surface area contributed by atoms with Gasteiger partial charge in [0.05, 0.1) is 6.07 Å². The molecular formula is C9H15N3O3. The molecule has 0 spiro atoms. The smallest absolute Gasteiger partial charge is 0.310 e. The Kier molecular flexibility index (Phi) is 6.06. The predicted molar refractivity (Wildman–Crippen MR) is 52.5 cm³/mol. The number of rotatable bonds is 4. The van der Waals surface area contributed by atoms with Gasteiger partial charge in [-0.05, 0) is 12.8 Å². The van der Waals surface area contributed by atoms with Crippen LogP contribution in [-0.2, 0) is 9.59 Å². The van der Waals surface area contributed by atoms with Crippen LogP contribution >= 0.6 is 0 Å². The standard InChI is InChI=1S/C9H15N3O3/c1-6(5-13)7(2)12-9(15)8(14)11-4-3-10/h6-7,13H,4-5H2,1-2H3,(H,11,14)(H,12,15). The van der Waals surface area contributed by atoms with E-state index in [9.17, 15) is 9.59 Å². The van der Waals surface area contributed by atoms with Gasteiger partial charge in [0, 0.05) is 12.6 Å². The minimum Gasteiger partial charge on any atom is -0.396 e. The molecule has 0 aromatic heterocycles. The molecule has 0 saturated heterocycles. The monoisotopic (exact) mass is 213 g/mol. The van der Waals surface area contributed by atoms with Crippen LogP contribution in [0.4, 0.5) is 0 Å². The van der Waals surface area contributed by atoms with Gasteiger partial charge in [0.1, 0.15) is 6.54 Å². The van der Waals surface area contributed by atoms with Crippen molar-refractivity contribution in [3.05, 3.63) is 0 Å². The fourth-order valence-corrected chi connectivity index (χ4v) is 0.773. The molecule has 0 rings (SSSR count). The number of aliphatic hydroxyl groups is 1. The summed E-state index contributed by atoms with van der Waals surface area (Å²) in [5.41, 5.74) is 0. The summed E-state index contributed by atoms with van der Waals surface area (Å²) in [7, 11) is 0. The van der Waals surface area contributed by atoms with E-state index < -0.39 is 11.8 Å². The molecule has 2 amide bonds. The lowest BCUT2D eigenvalue weighted by atomic mass is 10.1. The molecule has 84 valence electrons. The van der Waals surface area contributed by atoms with Gasteiger partial charge in [-0.15, -0.1) is 0 Å². The van der Waals surface area contributed by atoms with Crippen molar-refractivity contribution in [2.24, 2.45) is 5.92 Å². The van der Waals surface area contributed by atoms with Gasteiger partial charge >= 0.3 is 11.8 Å². The second-order valence-corrected chi connectivity index (χ2v) is 3.26. The van der Waals surface area contributed by atoms with Crippen LogP contribution in [0.15, 0.2) is 0 Å². The Bertz CT molecular complexity index is 272. The maximum atomic E-state index is 11.2. The van der Waals surface area contributed by atoms with E-state index in [1.807, 2.05) is 0 Å². The number of nitriles is 1. The molecule has 6 nitrogen and oxygen atoms in total. The van der Waals surface area contributed by atoms with Crippen molar-refractivity contribution in [2.75, 3.05) is 13.2 Å². The fourth-order valence-electron chi connectivity index (χ4n) is 0.773. The average Bonchev–Trinajstić information content (AvgIpc) is 2.24. The van der Waals surface area contributed by atoms with Gasteiger partial charge in [-0.25, -0.2) is 0 Å². The van der Waals surface area contributed by atoms with Crippen LogP contribution in [0.2, 0.25) is 0 Å². The molecule has 0 aromatic rings. The molecule has 0 aromatic carbocycles. The Morgan fingerprint density at radius 3 is 2.47 bits per heavy atom. The van der Waals surface area contributed by atoms with Crippen LogP contribution in [0, 0.1) is 17.2 Å². The normalized spacial score (nSPS) is 13.5. The molecular weight excluding hydrogens is 198 g/mol. The molecule has 0 heterocycles. The van der Waals surface area contributed by atoms with Crippen LogP contribution in [0.25, 0.3) is 0 Å². The SMILES string of the molecule is CC(CO)C(C)NC(=O)C(=O)NCC#N. The van der Waals surface area contributed by atoms with Crippen LogP contribution < -0.4 is 10.6 Å². The third-order valence-electron chi connectivity index (χ3n) is 2.03. The third-order valence-corrected chi connectivity index (χ3v) is 2.03. The maximum Gasteiger partial charge on any atom is 0.310 e. The third kappa shape index (κ3) is 4.98. The maximum absolute atomic E-state index is 11.2. The number of amides is 2. The van der Waals surface area contributed by atoms with Crippen LogP contribution in [0.3, 0.4) is 0 Å². The molecule has 3 N–H and O–H groups in total. The molecule has 6 heteroatoms. The Balaban J connectivity index is 4.02. The fraction of sp³-hybridized carbons (Fsp3) is 0.667. The number of carbonyl (C=O) groups excluding carboxylic acids is 2. The van der Waals surface area contributed by atoms with Crippen molar-refractivity contribution < 1.29 is 14.7 Å². The van der Waals surface area contributed by atoms with E-state index in [2.05, 4.69) is 10.6 Å². The highest BCUT2D eigenvalue weighted by Gasteiger charge is 2.18. The first-order chi connectivity index (χ1) is 7.02. The highest BCUT2D eigenvalue weighted by Crippen LogP contribution is 1.99. The van der Waals surface area contributed by atoms with Crippen molar-refractivity contribution in [3.8, 4) is 6.07 Å². The van der Waals surface area contributed by atoms with Crippen LogP contribution in [0.1, 0.15) is 13.8 Å². The molecule has 15 heavy (non-hydrogen) atoms. The van der Waals surface area contributed by atoms with Gasteiger partial charge in [0.2, 0.25) is 0 Å². The van der Waals surface area contributed by atoms with Gasteiger partial charge in [-0.2, -0.15) is 5.26 Å². The largest absolute Gasteiger partial charge is 0.396 e. The summed E-state index contributed by atoms with van der Waals surface area (Å²) in [5, 5.41) is 21.5. The summed E-state index contributed by atoms with van der Waals surface area (Å²) in [6.07, 6.45) is 0. The van der Waals surface area contributed by atoms with Crippen molar-refractivity contribution >= 4 is 11.8 Å². The summed E-state index contributed by atoms with van der Waals surface area (Å²) < 4.78 is 0. The van der Waals surface area contributed by atoms with Crippen LogP contribution in [-0.4, -0.2) is 36.1 Å². The van der Waals surface area contributed by atoms with Gasteiger partial charge in [0.25, 0.3) is 0 Å². The van der Waals surface area contributed by atoms with Crippen molar-refractivity contribution in [1.29, 1.82) is 5.26 Å². The van der Waals surface area contributed by atoms with E-state index in [4.69, 9.17) is 10.4 Å². The first-order valence-electron chi connectivity index (χ1n) is 4.59. The first-order valence-corrected chi connectivity index (χ1v) is 4.59. The number of carbonyl (C=O) groups is 2. The Morgan fingerprint density at radius 1 is 1.40 bits per heavy atom. The molecule has 2 unspecified atom stereocenters. The lowest BCUT2D eigenvalue weighted by Crippen LogP contribution is -2.46. The molecule has 2 atom stereocenters. The summed E-state index contributed by atoms with van der Waals surface area (Å²) in [5.74, 6) is -1.76. The number of nitrogens with zero attached hydrogens (tertiary/aromatic N) is 1. The number of hydrogen-bond donors (Lipinski definition) is 3. The number of hydrogen-bond acceptors (Lipinski definition) is 4. The van der Waals surface area contributed by atoms with E-state index in [1.54, 1.807) is 19.9 Å². The zero-order valence-corrected chi connectivity index (χ0v) is 8.78. The second-order valence-electron chi connectivity index (χ2n) is 3.26. The Morgan fingerprint density at radius 2 is 2.00 bits per heavy atom. The van der Waals surface area contributed by atoms with Crippen molar-refractivity contribution in [3.63, 3.8) is 0 Å². The zero-order chi connectivity index (χ0) is 11.8. The highest BCUT2D eigenvalue weighted by molar-refractivity contribution is 6.35. The van der Waals surface area contributed by atoms with Gasteiger partial charge in [-0.1, -0.05) is 6.92 Å². The molecule has 0 aliphatic carbocycles. The summed E-state index contributed by atoms with van der Waals surface area (Å²) >= 11 is 0. The minimum absolute atomic E-state index is 0.0682. The summed E-state index contributed by atoms with van der Waals surface area (Å²) in [6.45, 7) is 3.17. The minimum atomic E-state index is -0.839. The van der Waals surface area contributed by atoms with Crippen molar-refractivity contribution in [1.82, 2.24) is 10.6 Å². The van der Waals surface area contributed by atoms with E-state index in [0.717, 1.165) is 0 Å². The van der Waals surface area contributed by atoms with E-state index in [-0.39, 0.29) is 25.1 Å². The molecule has 0 bridgehead atoms. The van der Waals surface area contributed by atoms with Gasteiger partial charge in [-0.3, -0.25) is 9.59 Å². The Labute approximate surface area is 88.3 Å². The molecule has 0 fully saturated rings. The number of aliphatic hydroxyl groups excluding tert-OH is 1. The van der Waals surface area contributed by atoms with Gasteiger partial charge < -0.3 is 15.7 Å². The topological polar surface area (TPSA) is 102 Å². The van der Waals surface area contributed by atoms with E-state index in [0.29, 0.717) is 0 Å². The predicted octanol–water partition coefficient (Wildman–Crippen LogP) is -1.24. The van der Waals surface area contributed by atoms with Gasteiger partial charge in [0.15, 0.2) is 0 Å². The lowest BCUT2D eigenvalue weighted by molar-refractivity contribution is -0.139. The first kappa shape index (κ1) is 13.4. The Hall–Kier alpha value is -1.61. The molecule has 0 aliphatic rings. The summed E-state index contributed by atoms with van der Waals surface area (Å²) in [4.78, 5) is 22.2. The number of nitrogens with one attached hydrogen (secondary N) is 2. The summed E-state index contributed by atoms with van der Waals surface area (Å²) in [6, 6.07) is 1.39. The molecule has 0 saturated carbocycles. The quantitative estimate of drug-likeness (QED) is 0.401. The second kappa shape index (κ2) is 6.79. The molecule has 0 aliphatic heterocycles. The highest BCUT2D eigenvalue weighted by atomic mass is 16.3. The van der Waals surface area contributed by atoms with E-state index in [1.165, 1.54) is 0 Å². The van der Waals surface area contributed by atoms with Crippen molar-refractivity contribution in [2.45, 2.75) is 19.9 Å². The lowest BCUT2D eigenvalue weighted by Gasteiger charge is -2.18. The molecule has 0 radical (unpaired) electrons. The zero-order valence-electron chi connectivity index (χ0n) is 8.78. The van der Waals surface area contributed by atoms with E-state index >= 15 is 0 Å². The average molecular weight is 213 g/mol.